The molecule has 1 aliphatic rings. The van der Waals surface area contributed by atoms with Crippen LogP contribution < -0.4 is 10.0 Å². The lowest BCUT2D eigenvalue weighted by Crippen LogP contribution is -3.12. The van der Waals surface area contributed by atoms with Gasteiger partial charge in [-0.2, -0.15) is 0 Å². The summed E-state index contributed by atoms with van der Waals surface area (Å²) in [6.07, 6.45) is 0. The minimum Gasteiger partial charge on any atom is -0.872 e. The highest BCUT2D eigenvalue weighted by Crippen LogP contribution is 2.40. The molecular weight excluding hydrogens is 468 g/mol. The van der Waals surface area contributed by atoms with E-state index in [0.717, 1.165) is 13.1 Å². The summed E-state index contributed by atoms with van der Waals surface area (Å²) in [7, 11) is 1.21. The Morgan fingerprint density at radius 3 is 2.47 bits per heavy atom. The predicted molar refractivity (Wildman–Crippen MR) is 128 cm³/mol. The largest absolute Gasteiger partial charge is 0.872 e. The number of nitrogens with zero attached hydrogens (tertiary/aromatic N) is 2. The molecule has 1 aromatic heterocycles. The number of esters is 1. The van der Waals surface area contributed by atoms with Crippen molar-refractivity contribution in [3.63, 3.8) is 0 Å². The topological polar surface area (TPSA) is 150 Å². The lowest BCUT2D eigenvalue weighted by molar-refractivity contribution is -0.895. The third-order valence-electron chi connectivity index (χ3n) is 6.69. The van der Waals surface area contributed by atoms with Gasteiger partial charge in [0.05, 0.1) is 44.3 Å². The van der Waals surface area contributed by atoms with E-state index in [1.807, 2.05) is 13.8 Å². The van der Waals surface area contributed by atoms with Gasteiger partial charge in [0.15, 0.2) is 0 Å². The quantitative estimate of drug-likeness (QED) is 0.127. The van der Waals surface area contributed by atoms with E-state index in [1.165, 1.54) is 35.1 Å². The van der Waals surface area contributed by atoms with Crippen molar-refractivity contribution in [2.24, 2.45) is 0 Å². The summed E-state index contributed by atoms with van der Waals surface area (Å²) in [5.74, 6) is -3.16. The fraction of sp³-hybridized carbons (Fsp3) is 0.400. The summed E-state index contributed by atoms with van der Waals surface area (Å²) in [6, 6.07) is 4.50. The molecule has 1 saturated heterocycles. The van der Waals surface area contributed by atoms with Gasteiger partial charge in [-0.25, -0.2) is 4.79 Å². The van der Waals surface area contributed by atoms with Crippen molar-refractivity contribution in [1.82, 2.24) is 9.88 Å². The van der Waals surface area contributed by atoms with Crippen molar-refractivity contribution in [2.45, 2.75) is 33.7 Å². The number of Topliss-reactive ketones (excluding diaryl/α,β-unsaturated/α-hetero) is 1. The molecule has 0 spiro atoms. The van der Waals surface area contributed by atoms with Gasteiger partial charge < -0.3 is 24.6 Å². The van der Waals surface area contributed by atoms with Crippen LogP contribution >= 0.6 is 0 Å². The highest BCUT2D eigenvalue weighted by molar-refractivity contribution is 6.46. The zero-order valence-electron chi connectivity index (χ0n) is 21.0. The van der Waals surface area contributed by atoms with Crippen molar-refractivity contribution >= 4 is 29.1 Å². The number of nitro groups is 1. The smallest absolute Gasteiger partial charge is 0.354 e. The Morgan fingerprint density at radius 1 is 1.22 bits per heavy atom. The number of hydrogen-bond donors (Lipinski definition) is 2. The average Bonchev–Trinajstić information content (AvgIpc) is 3.30. The Hall–Kier alpha value is -3.99. The van der Waals surface area contributed by atoms with Gasteiger partial charge in [0.1, 0.15) is 5.69 Å². The van der Waals surface area contributed by atoms with E-state index in [4.69, 9.17) is 4.74 Å². The number of nitro benzene ring substituents is 1. The second-order valence-electron chi connectivity index (χ2n) is 8.65. The van der Waals surface area contributed by atoms with E-state index < -0.39 is 34.4 Å². The molecule has 0 aliphatic carbocycles. The van der Waals surface area contributed by atoms with Gasteiger partial charge in [0.2, 0.25) is 5.78 Å². The minimum absolute atomic E-state index is 0.0737. The zero-order chi connectivity index (χ0) is 26.7. The van der Waals surface area contributed by atoms with Crippen LogP contribution in [-0.4, -0.2) is 65.8 Å². The zero-order valence-corrected chi connectivity index (χ0v) is 21.0. The van der Waals surface area contributed by atoms with E-state index in [9.17, 15) is 29.6 Å². The molecule has 1 aromatic carbocycles. The number of likely N-dealkylation sites (tertiary alicyclic amines) is 1. The van der Waals surface area contributed by atoms with E-state index in [0.29, 0.717) is 23.4 Å². The Labute approximate surface area is 208 Å². The molecule has 2 N–H and O–H groups in total. The molecule has 0 saturated carbocycles. The lowest BCUT2D eigenvalue weighted by atomic mass is 9.93. The first-order chi connectivity index (χ1) is 17.1. The molecule has 1 amide bonds. The number of carbonyl (C=O) groups excluding carboxylic acids is 3. The Morgan fingerprint density at radius 2 is 1.89 bits per heavy atom. The highest BCUT2D eigenvalue weighted by Gasteiger charge is 2.45. The molecular formula is C25H30N4O7. The second-order valence-corrected chi connectivity index (χ2v) is 8.65. The van der Waals surface area contributed by atoms with Crippen LogP contribution in [0.25, 0.3) is 5.76 Å². The number of non-ortho nitro benzene ring substituents is 1. The standard InChI is InChI=1S/C25H30N4O7/c1-6-27(7-2)11-12-28-21(16-9-8-10-17(13-16)29(34)35)19(23(31)24(28)32)22(30)18-14(3)20(25(33)36-5)26-15(18)4/h8-10,13,21,26,30H,6-7,11-12H2,1-5H3/b22-19+. The van der Waals surface area contributed by atoms with Gasteiger partial charge in [0, 0.05) is 23.4 Å². The van der Waals surface area contributed by atoms with Crippen LogP contribution in [-0.2, 0) is 14.3 Å². The third-order valence-corrected chi connectivity index (χ3v) is 6.69. The normalized spacial score (nSPS) is 17.2. The molecule has 3 rings (SSSR count). The maximum Gasteiger partial charge on any atom is 0.354 e. The number of aryl methyl sites for hydroxylation is 1. The first kappa shape index (κ1) is 26.6. The lowest BCUT2D eigenvalue weighted by Gasteiger charge is -2.28. The summed E-state index contributed by atoms with van der Waals surface area (Å²) < 4.78 is 4.76. The molecule has 1 atom stereocenters. The van der Waals surface area contributed by atoms with Gasteiger partial charge in [-0.1, -0.05) is 17.9 Å². The summed E-state index contributed by atoms with van der Waals surface area (Å²) in [5, 5.41) is 25.2. The maximum absolute atomic E-state index is 13.8. The molecule has 192 valence electrons. The van der Waals surface area contributed by atoms with Gasteiger partial charge >= 0.3 is 5.97 Å². The molecule has 1 aliphatic heterocycles. The average molecular weight is 499 g/mol. The van der Waals surface area contributed by atoms with Crippen LogP contribution in [0.4, 0.5) is 5.69 Å². The summed E-state index contributed by atoms with van der Waals surface area (Å²) in [4.78, 5) is 54.7. The summed E-state index contributed by atoms with van der Waals surface area (Å²) >= 11 is 0. The molecule has 1 fully saturated rings. The number of ketones is 1. The molecule has 2 aromatic rings. The van der Waals surface area contributed by atoms with Gasteiger partial charge in [0.25, 0.3) is 11.6 Å². The molecule has 2 heterocycles. The number of quaternary nitrogens is 1. The number of carbonyl (C=O) groups is 3. The first-order valence-corrected chi connectivity index (χ1v) is 11.7. The van der Waals surface area contributed by atoms with E-state index in [-0.39, 0.29) is 29.1 Å². The number of rotatable bonds is 9. The molecule has 36 heavy (non-hydrogen) atoms. The number of methoxy groups -OCH3 is 1. The molecule has 0 radical (unpaired) electrons. The SMILES string of the molecule is CC[NH+](CC)CCN1C(=O)C(=O)/C(=C(/[O-])c2c(C)[nH]c(C(=O)OC)c2C)C1c1cccc([N+](=O)[O-])c1. The van der Waals surface area contributed by atoms with Crippen molar-refractivity contribution < 1.29 is 34.1 Å². The molecule has 1 unspecified atom stereocenters. The fourth-order valence-corrected chi connectivity index (χ4v) is 4.67. The van der Waals surface area contributed by atoms with Gasteiger partial charge in [-0.05, 0) is 44.4 Å². The van der Waals surface area contributed by atoms with Crippen LogP contribution in [0.2, 0.25) is 0 Å². The first-order valence-electron chi connectivity index (χ1n) is 11.7. The number of hydrogen-bond acceptors (Lipinski definition) is 7. The number of H-pyrrole nitrogens is 1. The number of aromatic nitrogens is 1. The summed E-state index contributed by atoms with van der Waals surface area (Å²) in [5.41, 5.74) is 0.581. The Bertz CT molecular complexity index is 1240. The number of ether oxygens (including phenoxy) is 1. The monoisotopic (exact) mass is 498 g/mol. The maximum atomic E-state index is 13.8. The van der Waals surface area contributed by atoms with Crippen molar-refractivity contribution in [1.29, 1.82) is 0 Å². The Kier molecular flexibility index (Phi) is 7.93. The number of likely N-dealkylation sites (N-methyl/N-ethyl adjacent to an activating group) is 1. The number of nitrogens with one attached hydrogen (secondary N) is 2. The van der Waals surface area contributed by atoms with E-state index in [1.54, 1.807) is 19.9 Å². The van der Waals surface area contributed by atoms with Crippen molar-refractivity contribution in [3.8, 4) is 0 Å². The van der Waals surface area contributed by atoms with Crippen molar-refractivity contribution in [3.05, 3.63) is 68.0 Å². The van der Waals surface area contributed by atoms with E-state index in [2.05, 4.69) is 4.98 Å². The predicted octanol–water partition coefficient (Wildman–Crippen LogP) is 0.475. The molecule has 11 heteroatoms. The van der Waals surface area contributed by atoms with E-state index >= 15 is 0 Å². The van der Waals surface area contributed by atoms with Gasteiger partial charge in [-0.15, -0.1) is 0 Å². The molecule has 0 bridgehead atoms. The fourth-order valence-electron chi connectivity index (χ4n) is 4.67. The van der Waals surface area contributed by atoms with Gasteiger partial charge in [-0.3, -0.25) is 19.7 Å². The number of benzene rings is 1. The van der Waals surface area contributed by atoms with Crippen LogP contribution in [0.1, 0.15) is 52.8 Å². The highest BCUT2D eigenvalue weighted by atomic mass is 16.6. The molecule has 11 nitrogen and oxygen atoms in total. The second kappa shape index (κ2) is 10.7. The third kappa shape index (κ3) is 4.74. The minimum atomic E-state index is -1.09. The van der Waals surface area contributed by atoms with Crippen molar-refractivity contribution in [2.75, 3.05) is 33.3 Å². The van der Waals surface area contributed by atoms with Crippen LogP contribution in [0, 0.1) is 24.0 Å². The number of amides is 1. The van der Waals surface area contributed by atoms with Crippen LogP contribution in [0.3, 0.4) is 0 Å². The number of aromatic amines is 1. The Balaban J connectivity index is 2.22. The van der Waals surface area contributed by atoms with Crippen LogP contribution in [0.5, 0.6) is 0 Å². The summed E-state index contributed by atoms with van der Waals surface area (Å²) in [6.45, 7) is 9.48. The van der Waals surface area contributed by atoms with Crippen LogP contribution in [0.15, 0.2) is 29.8 Å².